The molecule has 40 heavy (non-hydrogen) atoms. The summed E-state index contributed by atoms with van der Waals surface area (Å²) in [5, 5.41) is 12.4. The average molecular weight is 549 g/mol. The topological polar surface area (TPSA) is 149 Å². The van der Waals surface area contributed by atoms with Crippen molar-refractivity contribution in [3.05, 3.63) is 42.2 Å². The number of aromatic nitrogens is 4. The molecule has 2 aliphatic heterocycles. The van der Waals surface area contributed by atoms with E-state index in [2.05, 4.69) is 25.1 Å². The molecule has 0 aliphatic carbocycles. The molecule has 212 valence electrons. The third-order valence-corrected chi connectivity index (χ3v) is 7.13. The maximum absolute atomic E-state index is 13.8. The second kappa shape index (κ2) is 12.4. The molecule has 13 heteroatoms. The lowest BCUT2D eigenvalue weighted by Crippen LogP contribution is -2.41. The zero-order valence-corrected chi connectivity index (χ0v) is 23.0. The summed E-state index contributed by atoms with van der Waals surface area (Å²) in [6, 6.07) is 7.59. The molecule has 4 N–H and O–H groups in total. The van der Waals surface area contributed by atoms with Crippen LogP contribution >= 0.6 is 0 Å². The summed E-state index contributed by atoms with van der Waals surface area (Å²) in [7, 11) is 3.74. The first-order valence-electron chi connectivity index (χ1n) is 13.4. The van der Waals surface area contributed by atoms with Gasteiger partial charge in [-0.05, 0) is 37.7 Å². The first kappa shape index (κ1) is 27.5. The molecule has 5 rings (SSSR count). The number of urea groups is 1. The van der Waals surface area contributed by atoms with E-state index in [1.54, 1.807) is 29.2 Å². The number of nitrogens with one attached hydrogen (secondary N) is 1. The lowest BCUT2D eigenvalue weighted by Gasteiger charge is -2.29. The van der Waals surface area contributed by atoms with Gasteiger partial charge in [0, 0.05) is 81.2 Å². The fourth-order valence-corrected chi connectivity index (χ4v) is 4.80. The normalized spacial score (nSPS) is 14.9. The Bertz CT molecular complexity index is 1300. The van der Waals surface area contributed by atoms with Crippen LogP contribution in [0.3, 0.4) is 0 Å². The molecule has 0 atom stereocenters. The van der Waals surface area contributed by atoms with Crippen molar-refractivity contribution in [3.63, 3.8) is 0 Å². The van der Waals surface area contributed by atoms with Crippen LogP contribution in [0, 0.1) is 0 Å². The number of carbonyl (C=O) groups excluding carboxylic acids is 1. The molecular weight excluding hydrogens is 512 g/mol. The molecule has 1 fully saturated rings. The monoisotopic (exact) mass is 548 g/mol. The zero-order chi connectivity index (χ0) is 28.1. The van der Waals surface area contributed by atoms with Crippen molar-refractivity contribution in [2.24, 2.45) is 0 Å². The molecule has 4 heterocycles. The molecule has 3 aromatic rings. The smallest absolute Gasteiger partial charge is 0.329 e. The van der Waals surface area contributed by atoms with Gasteiger partial charge in [0.05, 0.1) is 25.5 Å². The zero-order valence-electron chi connectivity index (χ0n) is 23.0. The standard InChI is InChI=1S/C27H36N10O3/c1-34(11-14-38)10-8-29-20-3-5-21(6-4-20)35(2)27(39)37-9-7-22-23(19-17-30-25(28)31-18-19)32-26(33-24(22)37)36-12-15-40-16-13-36/h3-6,17-18,29,38H,7-16H2,1-2H3,(H2,28,30,31). The van der Waals surface area contributed by atoms with E-state index in [0.29, 0.717) is 63.3 Å². The van der Waals surface area contributed by atoms with Gasteiger partial charge in [0.25, 0.3) is 0 Å². The van der Waals surface area contributed by atoms with Crippen LogP contribution in [0.5, 0.6) is 0 Å². The van der Waals surface area contributed by atoms with E-state index in [4.69, 9.17) is 25.5 Å². The molecule has 2 aromatic heterocycles. The lowest BCUT2D eigenvalue weighted by atomic mass is 10.1. The predicted octanol–water partition coefficient (Wildman–Crippen LogP) is 1.31. The molecular formula is C27H36N10O3. The summed E-state index contributed by atoms with van der Waals surface area (Å²) >= 11 is 0. The minimum absolute atomic E-state index is 0.144. The Morgan fingerprint density at radius 1 is 1.07 bits per heavy atom. The number of hydrogen-bond acceptors (Lipinski definition) is 11. The van der Waals surface area contributed by atoms with Crippen LogP contribution in [0.15, 0.2) is 36.7 Å². The number of morpholine rings is 1. The van der Waals surface area contributed by atoms with E-state index in [9.17, 15) is 4.79 Å². The molecule has 0 spiro atoms. The highest BCUT2D eigenvalue weighted by Gasteiger charge is 2.33. The van der Waals surface area contributed by atoms with Crippen LogP contribution in [-0.2, 0) is 11.2 Å². The quantitative estimate of drug-likeness (QED) is 0.355. The minimum Gasteiger partial charge on any atom is -0.395 e. The number of aliphatic hydroxyl groups excluding tert-OH is 1. The van der Waals surface area contributed by atoms with E-state index in [0.717, 1.165) is 35.6 Å². The van der Waals surface area contributed by atoms with Gasteiger partial charge in [0.1, 0.15) is 5.82 Å². The Morgan fingerprint density at radius 3 is 2.50 bits per heavy atom. The van der Waals surface area contributed by atoms with Crippen LogP contribution in [0.1, 0.15) is 5.56 Å². The van der Waals surface area contributed by atoms with E-state index >= 15 is 0 Å². The third-order valence-electron chi connectivity index (χ3n) is 7.13. The molecule has 1 saturated heterocycles. The Labute approximate surface area is 233 Å². The number of amides is 2. The highest BCUT2D eigenvalue weighted by atomic mass is 16.5. The predicted molar refractivity (Wildman–Crippen MR) is 155 cm³/mol. The van der Waals surface area contributed by atoms with Crippen LogP contribution in [-0.4, -0.2) is 109 Å². The number of rotatable bonds is 9. The van der Waals surface area contributed by atoms with Crippen LogP contribution in [0.25, 0.3) is 11.3 Å². The number of likely N-dealkylation sites (N-methyl/N-ethyl adjacent to an activating group) is 1. The van der Waals surface area contributed by atoms with Crippen molar-refractivity contribution in [2.45, 2.75) is 6.42 Å². The molecule has 0 unspecified atom stereocenters. The van der Waals surface area contributed by atoms with E-state index in [1.807, 2.05) is 31.3 Å². The summed E-state index contributed by atoms with van der Waals surface area (Å²) in [5.74, 6) is 1.35. The van der Waals surface area contributed by atoms with Crippen LogP contribution in [0.4, 0.5) is 33.9 Å². The number of aliphatic hydroxyl groups is 1. The van der Waals surface area contributed by atoms with Crippen molar-refractivity contribution < 1.29 is 14.6 Å². The first-order chi connectivity index (χ1) is 19.4. The number of fused-ring (bicyclic) bond motifs is 1. The van der Waals surface area contributed by atoms with Gasteiger partial charge in [0.2, 0.25) is 11.9 Å². The fraction of sp³-hybridized carbons (Fsp3) is 0.444. The molecule has 13 nitrogen and oxygen atoms in total. The Morgan fingerprint density at radius 2 is 1.80 bits per heavy atom. The highest BCUT2D eigenvalue weighted by Crippen LogP contribution is 2.36. The number of anilines is 5. The summed E-state index contributed by atoms with van der Waals surface area (Å²) in [6.07, 6.45) is 3.93. The highest BCUT2D eigenvalue weighted by molar-refractivity contribution is 6.04. The molecule has 2 amide bonds. The van der Waals surface area contributed by atoms with Crippen molar-refractivity contribution in [2.75, 3.05) is 98.9 Å². The Kier molecular flexibility index (Phi) is 8.53. The second-order valence-electron chi connectivity index (χ2n) is 9.85. The molecule has 0 saturated carbocycles. The number of nitrogen functional groups attached to an aromatic ring is 1. The number of nitrogens with zero attached hydrogens (tertiary/aromatic N) is 8. The van der Waals surface area contributed by atoms with Gasteiger partial charge in [-0.2, -0.15) is 4.98 Å². The maximum atomic E-state index is 13.8. The fourth-order valence-electron chi connectivity index (χ4n) is 4.80. The van der Waals surface area contributed by atoms with Crippen LogP contribution in [0.2, 0.25) is 0 Å². The number of hydrogen-bond donors (Lipinski definition) is 3. The van der Waals surface area contributed by atoms with Gasteiger partial charge < -0.3 is 30.7 Å². The maximum Gasteiger partial charge on any atom is 0.329 e. The Hall–Kier alpha value is -4.07. The second-order valence-corrected chi connectivity index (χ2v) is 9.85. The molecule has 0 radical (unpaired) electrons. The summed E-state index contributed by atoms with van der Waals surface area (Å²) < 4.78 is 5.51. The van der Waals surface area contributed by atoms with E-state index < -0.39 is 0 Å². The summed E-state index contributed by atoms with van der Waals surface area (Å²) in [4.78, 5) is 39.3. The van der Waals surface area contributed by atoms with Crippen molar-refractivity contribution in [1.29, 1.82) is 0 Å². The SMILES string of the molecule is CN(CCO)CCNc1ccc(N(C)C(=O)N2CCc3c(-c4cnc(N)nc4)nc(N4CCOCC4)nc32)cc1. The summed E-state index contributed by atoms with van der Waals surface area (Å²) in [6.45, 7) is 5.36. The van der Waals surface area contributed by atoms with Gasteiger partial charge in [-0.15, -0.1) is 0 Å². The first-order valence-corrected chi connectivity index (χ1v) is 13.4. The van der Waals surface area contributed by atoms with Crippen molar-refractivity contribution in [3.8, 4) is 11.3 Å². The number of nitrogens with two attached hydrogens (primary N) is 1. The minimum atomic E-state index is -0.170. The Balaban J connectivity index is 1.36. The lowest BCUT2D eigenvalue weighted by molar-refractivity contribution is 0.122. The van der Waals surface area contributed by atoms with Crippen LogP contribution < -0.4 is 25.8 Å². The van der Waals surface area contributed by atoms with Gasteiger partial charge in [-0.1, -0.05) is 0 Å². The van der Waals surface area contributed by atoms with Crippen molar-refractivity contribution >= 4 is 35.1 Å². The number of benzene rings is 1. The van der Waals surface area contributed by atoms with E-state index in [-0.39, 0.29) is 18.6 Å². The van der Waals surface area contributed by atoms with Gasteiger partial charge in [0.15, 0.2) is 0 Å². The van der Waals surface area contributed by atoms with Gasteiger partial charge in [-0.3, -0.25) is 9.80 Å². The van der Waals surface area contributed by atoms with Gasteiger partial charge >= 0.3 is 6.03 Å². The van der Waals surface area contributed by atoms with Crippen molar-refractivity contribution in [1.82, 2.24) is 24.8 Å². The molecule has 2 aliphatic rings. The molecule has 1 aromatic carbocycles. The summed E-state index contributed by atoms with van der Waals surface area (Å²) in [5.41, 5.74) is 9.79. The third kappa shape index (κ3) is 6.06. The van der Waals surface area contributed by atoms with Gasteiger partial charge in [-0.25, -0.2) is 19.7 Å². The average Bonchev–Trinajstić information content (AvgIpc) is 3.41. The number of carbonyl (C=O) groups is 1. The molecule has 0 bridgehead atoms. The number of ether oxygens (including phenoxy) is 1. The van der Waals surface area contributed by atoms with E-state index in [1.165, 1.54) is 0 Å². The largest absolute Gasteiger partial charge is 0.395 e.